The van der Waals surface area contributed by atoms with Gasteiger partial charge >= 0.3 is 7.25 Å². The van der Waals surface area contributed by atoms with Crippen LogP contribution in [-0.2, 0) is 29.2 Å². The Kier molecular flexibility index (Phi) is 10.6. The van der Waals surface area contributed by atoms with E-state index in [1.807, 2.05) is 0 Å². The molecule has 5 aromatic rings. The Morgan fingerprint density at radius 3 is 2.10 bits per heavy atom. The number of halogens is 4. The van der Waals surface area contributed by atoms with Crippen LogP contribution in [0.3, 0.4) is 0 Å². The lowest BCUT2D eigenvalue weighted by atomic mass is 9.98. The Bertz CT molecular complexity index is 2770. The topological polar surface area (TPSA) is 60.5 Å². The van der Waals surface area contributed by atoms with E-state index in [-0.39, 0.29) is 12.2 Å². The fraction of sp³-hybridized carbons (Fsp3) is 0.370. The van der Waals surface area contributed by atoms with Crippen LogP contribution in [-0.4, -0.2) is 55.5 Å². The maximum Gasteiger partial charge on any atom is 0.673 e. The molecular weight excluding hydrogens is 763 g/mol. The summed E-state index contributed by atoms with van der Waals surface area (Å²) in [5, 5.41) is 7.12. The fourth-order valence-electron chi connectivity index (χ4n) is 9.41. The van der Waals surface area contributed by atoms with Crippen molar-refractivity contribution in [3.05, 3.63) is 105 Å². The zero-order valence-electron chi connectivity index (χ0n) is 33.7. The first-order chi connectivity index (χ1) is 27.7. The molecule has 6 nitrogen and oxygen atoms in total. The van der Waals surface area contributed by atoms with Crippen LogP contribution in [0.2, 0.25) is 0 Å². The molecular formula is C46H49BF4N2O4S. The van der Waals surface area contributed by atoms with Crippen LogP contribution < -0.4 is 14.8 Å². The molecule has 0 N–H and O–H groups in total. The van der Waals surface area contributed by atoms with Crippen molar-refractivity contribution in [1.82, 2.24) is 4.57 Å². The van der Waals surface area contributed by atoms with Gasteiger partial charge in [-0.25, -0.2) is 8.42 Å². The lowest BCUT2D eigenvalue weighted by Crippen LogP contribution is -2.16. The molecule has 0 saturated heterocycles. The second-order valence-electron chi connectivity index (χ2n) is 16.1. The van der Waals surface area contributed by atoms with E-state index in [4.69, 9.17) is 9.47 Å². The molecule has 0 saturated carbocycles. The lowest BCUT2D eigenvalue weighted by Gasteiger charge is -2.09. The molecule has 304 valence electrons. The Balaban J connectivity index is 0.000000887. The van der Waals surface area contributed by atoms with Gasteiger partial charge in [-0.3, -0.25) is 0 Å². The van der Waals surface area contributed by atoms with Gasteiger partial charge in [-0.1, -0.05) is 69.2 Å². The van der Waals surface area contributed by atoms with Crippen LogP contribution in [0.5, 0.6) is 11.5 Å². The number of hydrogen-bond donors (Lipinski definition) is 0. The van der Waals surface area contributed by atoms with E-state index < -0.39 is 17.1 Å². The molecule has 2 atom stereocenters. The Labute approximate surface area is 337 Å². The van der Waals surface area contributed by atoms with Gasteiger partial charge in [0.15, 0.2) is 9.84 Å². The van der Waals surface area contributed by atoms with Crippen molar-refractivity contribution in [3.63, 3.8) is 0 Å². The van der Waals surface area contributed by atoms with Crippen LogP contribution in [0.25, 0.3) is 38.5 Å². The molecule has 2 unspecified atom stereocenters. The van der Waals surface area contributed by atoms with Crippen LogP contribution in [0.4, 0.5) is 23.0 Å². The Morgan fingerprint density at radius 2 is 1.45 bits per heavy atom. The average molecular weight is 813 g/mol. The molecule has 1 aliphatic carbocycles. The van der Waals surface area contributed by atoms with Gasteiger partial charge in [-0.2, -0.15) is 4.58 Å². The minimum atomic E-state index is -6.00. The molecule has 0 bridgehead atoms. The van der Waals surface area contributed by atoms with Crippen molar-refractivity contribution in [3.8, 4) is 11.5 Å². The van der Waals surface area contributed by atoms with Gasteiger partial charge < -0.3 is 31.3 Å². The monoisotopic (exact) mass is 812 g/mol. The summed E-state index contributed by atoms with van der Waals surface area (Å²) >= 11 is 0. The van der Waals surface area contributed by atoms with Crippen molar-refractivity contribution in [2.24, 2.45) is 0 Å². The molecule has 4 aromatic carbocycles. The molecule has 0 radical (unpaired) electrons. The first-order valence-corrected chi connectivity index (χ1v) is 22.4. The summed E-state index contributed by atoms with van der Waals surface area (Å²) in [7, 11) is -9.50. The zero-order chi connectivity index (χ0) is 41.1. The molecule has 4 heterocycles. The second kappa shape index (κ2) is 15.4. The zero-order valence-corrected chi connectivity index (χ0v) is 34.5. The Hall–Kier alpha value is -4.84. The normalized spacial score (nSPS) is 19.9. The quantitative estimate of drug-likeness (QED) is 0.0801. The second-order valence-corrected chi connectivity index (χ2v) is 18.0. The number of rotatable bonds is 10. The summed E-state index contributed by atoms with van der Waals surface area (Å²) in [4.78, 5) is 0.469. The number of benzene rings is 4. The maximum atomic E-state index is 13.6. The minimum Gasteiger partial charge on any atom is -0.489 e. The van der Waals surface area contributed by atoms with E-state index in [1.165, 1.54) is 61.1 Å². The highest BCUT2D eigenvalue weighted by Gasteiger charge is 2.36. The highest BCUT2D eigenvalue weighted by molar-refractivity contribution is 7.94. The number of ether oxygens (including phenoxy) is 2. The van der Waals surface area contributed by atoms with Crippen LogP contribution in [0, 0.1) is 0 Å². The number of unbranched alkanes of at least 4 members (excludes halogenated alkanes) is 2. The van der Waals surface area contributed by atoms with Crippen LogP contribution in [0.1, 0.15) is 82.9 Å². The molecule has 12 heteroatoms. The van der Waals surface area contributed by atoms with Crippen LogP contribution >= 0.6 is 0 Å². The minimum absolute atomic E-state index is 0.178. The summed E-state index contributed by atoms with van der Waals surface area (Å²) in [6.45, 7) is 10.5. The van der Waals surface area contributed by atoms with Gasteiger partial charge in [0.1, 0.15) is 30.3 Å². The highest BCUT2D eigenvalue weighted by atomic mass is 32.2. The van der Waals surface area contributed by atoms with E-state index in [0.29, 0.717) is 17.7 Å². The summed E-state index contributed by atoms with van der Waals surface area (Å²) < 4.78 is 83.7. The smallest absolute Gasteiger partial charge is 0.489 e. The van der Waals surface area contributed by atoms with E-state index in [0.717, 1.165) is 85.3 Å². The molecule has 0 spiro atoms. The Morgan fingerprint density at radius 1 is 0.828 bits per heavy atom. The number of hydrogen-bond acceptors (Lipinski definition) is 4. The van der Waals surface area contributed by atoms with E-state index >= 15 is 0 Å². The summed E-state index contributed by atoms with van der Waals surface area (Å²) in [5.41, 5.74) is 9.09. The molecule has 0 amide bonds. The number of sulfone groups is 1. The number of aryl methyl sites for hydroxylation is 1. The molecule has 3 aliphatic heterocycles. The van der Waals surface area contributed by atoms with Gasteiger partial charge in [0, 0.05) is 82.2 Å². The van der Waals surface area contributed by atoms with Gasteiger partial charge in [0.05, 0.1) is 21.4 Å². The molecule has 9 rings (SSSR count). The third-order valence-electron chi connectivity index (χ3n) is 11.7. The first-order valence-electron chi connectivity index (χ1n) is 20.5. The molecule has 1 aromatic heterocycles. The van der Waals surface area contributed by atoms with Gasteiger partial charge in [-0.05, 0) is 62.5 Å². The maximum absolute atomic E-state index is 13.6. The predicted octanol–water partition coefficient (Wildman–Crippen LogP) is 10.7. The van der Waals surface area contributed by atoms with Crippen LogP contribution in [0.15, 0.2) is 82.8 Å². The number of fused-ring (bicyclic) bond motifs is 4. The summed E-state index contributed by atoms with van der Waals surface area (Å²) in [6, 6.07) is 17.7. The molecule has 58 heavy (non-hydrogen) atoms. The standard InChI is InChI=1S/C46H49N2O4S.BF4/c1-6-8-22-47-38(34-12-10-14-36-42(34)40(47)26-32-24-28(3)51-44(32)36)20-18-30-16-17-31(46(30)53(5,49)50)19-21-39-35-13-11-15-37-43(35)41(48(39)23-9-7-2)27-33-25-29(4)52-45(33)37;2-1(3,4)5/h10-15,18-21,26-29H,6-9,16-17,22-25H2,1-5H3;/q+1;-1. The molecule has 0 fully saturated rings. The van der Waals surface area contributed by atoms with Gasteiger partial charge in [0.25, 0.3) is 0 Å². The van der Waals surface area contributed by atoms with Crippen molar-refractivity contribution in [1.29, 1.82) is 0 Å². The number of aromatic nitrogens is 1. The fourth-order valence-corrected chi connectivity index (χ4v) is 10.7. The third-order valence-corrected chi connectivity index (χ3v) is 12.9. The number of allylic oxidation sites excluding steroid dienone is 5. The SMILES string of the molecule is CCCCn1c(=CC=C2CCC(C=CC3=[N+](CCCC)c4cc5c(c6cccc3c46)OC(C)C5)=C2S(C)(=O)=O)c2cccc3c4c(cc1c32)CC(C)O4.F[B-](F)(F)F. The van der Waals surface area contributed by atoms with Gasteiger partial charge in [-0.15, -0.1) is 0 Å². The van der Waals surface area contributed by atoms with Crippen molar-refractivity contribution in [2.75, 3.05) is 12.8 Å². The van der Waals surface area contributed by atoms with Gasteiger partial charge in [0.2, 0.25) is 11.4 Å². The van der Waals surface area contributed by atoms with E-state index in [2.05, 4.69) is 110 Å². The largest absolute Gasteiger partial charge is 0.673 e. The summed E-state index contributed by atoms with van der Waals surface area (Å²) in [6.07, 6.45) is 17.7. The lowest BCUT2D eigenvalue weighted by molar-refractivity contribution is -0.436. The first kappa shape index (κ1) is 40.0. The van der Waals surface area contributed by atoms with Crippen molar-refractivity contribution >= 4 is 67.0 Å². The van der Waals surface area contributed by atoms with E-state index in [9.17, 15) is 25.7 Å². The summed E-state index contributed by atoms with van der Waals surface area (Å²) in [5.74, 6) is 2.03. The third kappa shape index (κ3) is 7.37. The van der Waals surface area contributed by atoms with Crippen molar-refractivity contribution in [2.45, 2.75) is 97.8 Å². The van der Waals surface area contributed by atoms with E-state index in [1.54, 1.807) is 0 Å². The van der Waals surface area contributed by atoms with Crippen molar-refractivity contribution < 1.29 is 39.7 Å². The molecule has 4 aliphatic rings. The predicted molar refractivity (Wildman–Crippen MR) is 228 cm³/mol. The average Bonchev–Trinajstić information content (AvgIpc) is 3.97. The highest BCUT2D eigenvalue weighted by Crippen LogP contribution is 2.46. The number of nitrogens with zero attached hydrogens (tertiary/aromatic N) is 2.